The zero-order chi connectivity index (χ0) is 19.4. The number of hydrogen-bond acceptors (Lipinski definition) is 6. The summed E-state index contributed by atoms with van der Waals surface area (Å²) in [5.41, 5.74) is 1.79. The summed E-state index contributed by atoms with van der Waals surface area (Å²) in [5.74, 6) is 0. The minimum absolute atomic E-state index is 0. The van der Waals surface area contributed by atoms with Crippen molar-refractivity contribution in [2.45, 2.75) is 30.9 Å². The quantitative estimate of drug-likeness (QED) is 0.499. The lowest BCUT2D eigenvalue weighted by Crippen LogP contribution is -2.40. The molecule has 2 aromatic heterocycles. The van der Waals surface area contributed by atoms with Crippen LogP contribution in [-0.4, -0.2) is 37.6 Å². The van der Waals surface area contributed by atoms with Crippen LogP contribution < -0.4 is 10.0 Å². The average Bonchev–Trinajstić information content (AvgIpc) is 3.16. The Morgan fingerprint density at radius 1 is 1.21 bits per heavy atom. The molecule has 2 heterocycles. The van der Waals surface area contributed by atoms with Crippen molar-refractivity contribution < 1.29 is 13.5 Å². The molecular formula is C19H24ClN3O3S2. The Hall–Kier alpha value is -1.55. The molecule has 3 aromatic rings. The highest BCUT2D eigenvalue weighted by Crippen LogP contribution is 2.21. The van der Waals surface area contributed by atoms with Crippen LogP contribution in [0.3, 0.4) is 0 Å². The summed E-state index contributed by atoms with van der Waals surface area (Å²) in [6, 6.07) is 6.59. The first kappa shape index (κ1) is 22.7. The van der Waals surface area contributed by atoms with Crippen LogP contribution in [0.1, 0.15) is 24.2 Å². The van der Waals surface area contributed by atoms with E-state index in [9.17, 15) is 13.5 Å². The molecule has 152 valence electrons. The van der Waals surface area contributed by atoms with Gasteiger partial charge in [0.1, 0.15) is 0 Å². The van der Waals surface area contributed by atoms with Gasteiger partial charge in [0.2, 0.25) is 10.0 Å². The molecule has 3 N–H and O–H groups in total. The van der Waals surface area contributed by atoms with Crippen molar-refractivity contribution in [3.8, 4) is 0 Å². The third-order valence-corrected chi connectivity index (χ3v) is 6.60. The Balaban J connectivity index is 0.00000280. The minimum atomic E-state index is -3.63. The van der Waals surface area contributed by atoms with Crippen LogP contribution in [0.15, 0.2) is 52.3 Å². The molecule has 0 saturated heterocycles. The number of rotatable bonds is 8. The maximum Gasteiger partial charge on any atom is 0.240 e. The Bertz CT molecular complexity index is 1010. The third kappa shape index (κ3) is 5.50. The number of aromatic nitrogens is 1. The number of pyridine rings is 1. The molecule has 0 saturated carbocycles. The number of fused-ring (bicyclic) bond motifs is 1. The predicted molar refractivity (Wildman–Crippen MR) is 116 cm³/mol. The van der Waals surface area contributed by atoms with Gasteiger partial charge in [-0.1, -0.05) is 6.07 Å². The number of halogens is 1. The van der Waals surface area contributed by atoms with E-state index in [2.05, 4.69) is 15.0 Å². The number of aliphatic hydroxyl groups excluding tert-OH is 1. The number of nitrogens with one attached hydrogen (secondary N) is 2. The Kier molecular flexibility index (Phi) is 7.94. The van der Waals surface area contributed by atoms with Crippen LogP contribution in [0.4, 0.5) is 0 Å². The van der Waals surface area contributed by atoms with Crippen molar-refractivity contribution >= 4 is 44.5 Å². The van der Waals surface area contributed by atoms with E-state index in [0.29, 0.717) is 13.1 Å². The number of nitrogens with zero attached hydrogens (tertiary/aromatic N) is 1. The van der Waals surface area contributed by atoms with Crippen molar-refractivity contribution in [3.05, 3.63) is 58.5 Å². The summed E-state index contributed by atoms with van der Waals surface area (Å²) in [6.45, 7) is 4.48. The van der Waals surface area contributed by atoms with Gasteiger partial charge in [-0.05, 0) is 59.3 Å². The van der Waals surface area contributed by atoms with E-state index in [1.54, 1.807) is 37.5 Å². The standard InChI is InChI=1S/C19H23N3O3S2.ClH/c1-13-8-20-10-15-3-4-17(7-18(13)15)27(24,25)22-14(2)9-21-11-19(23)16-5-6-26-12-16;/h3-8,10,12,14,19,21-23H,9,11H2,1-2H3;1H/t14-,19?;/m1./s1. The van der Waals surface area contributed by atoms with E-state index in [1.165, 1.54) is 11.3 Å². The first-order chi connectivity index (χ1) is 12.9. The normalized spacial score (nSPS) is 13.8. The maximum atomic E-state index is 12.7. The van der Waals surface area contributed by atoms with Crippen molar-refractivity contribution in [1.29, 1.82) is 0 Å². The van der Waals surface area contributed by atoms with Gasteiger partial charge in [-0.2, -0.15) is 11.3 Å². The highest BCUT2D eigenvalue weighted by atomic mass is 35.5. The summed E-state index contributed by atoms with van der Waals surface area (Å²) in [7, 11) is -3.63. The smallest absolute Gasteiger partial charge is 0.240 e. The number of aliphatic hydroxyl groups is 1. The second-order valence-corrected chi connectivity index (χ2v) is 9.09. The van der Waals surface area contributed by atoms with E-state index in [4.69, 9.17) is 0 Å². The number of aryl methyl sites for hydroxylation is 1. The van der Waals surface area contributed by atoms with Crippen LogP contribution in [0, 0.1) is 6.92 Å². The second-order valence-electron chi connectivity index (χ2n) is 6.59. The topological polar surface area (TPSA) is 91.3 Å². The Labute approximate surface area is 175 Å². The molecular weight excluding hydrogens is 418 g/mol. The Morgan fingerprint density at radius 3 is 2.71 bits per heavy atom. The summed E-state index contributed by atoms with van der Waals surface area (Å²) < 4.78 is 28.0. The summed E-state index contributed by atoms with van der Waals surface area (Å²) in [4.78, 5) is 4.36. The molecule has 0 aliphatic heterocycles. The second kappa shape index (κ2) is 9.78. The Morgan fingerprint density at radius 2 is 2.00 bits per heavy atom. The van der Waals surface area contributed by atoms with Crippen LogP contribution in [-0.2, 0) is 10.0 Å². The van der Waals surface area contributed by atoms with Crippen LogP contribution in [0.25, 0.3) is 10.8 Å². The lowest BCUT2D eigenvalue weighted by molar-refractivity contribution is 0.174. The summed E-state index contributed by atoms with van der Waals surface area (Å²) in [5, 5.41) is 18.8. The molecule has 1 unspecified atom stereocenters. The molecule has 0 amide bonds. The van der Waals surface area contributed by atoms with Gasteiger partial charge in [0.15, 0.2) is 0 Å². The van der Waals surface area contributed by atoms with Gasteiger partial charge in [-0.15, -0.1) is 12.4 Å². The molecule has 2 atom stereocenters. The lowest BCUT2D eigenvalue weighted by Gasteiger charge is -2.17. The van der Waals surface area contributed by atoms with Gasteiger partial charge in [0, 0.05) is 36.9 Å². The fourth-order valence-corrected chi connectivity index (χ4v) is 4.83. The highest BCUT2D eigenvalue weighted by Gasteiger charge is 2.18. The van der Waals surface area contributed by atoms with Gasteiger partial charge in [-0.25, -0.2) is 13.1 Å². The molecule has 0 fully saturated rings. The molecule has 6 nitrogen and oxygen atoms in total. The fourth-order valence-electron chi connectivity index (χ4n) is 2.85. The lowest BCUT2D eigenvalue weighted by atomic mass is 10.1. The van der Waals surface area contributed by atoms with Gasteiger partial charge < -0.3 is 10.4 Å². The highest BCUT2D eigenvalue weighted by molar-refractivity contribution is 7.89. The maximum absolute atomic E-state index is 12.7. The van der Waals surface area contributed by atoms with E-state index in [-0.39, 0.29) is 23.3 Å². The zero-order valence-corrected chi connectivity index (χ0v) is 18.1. The van der Waals surface area contributed by atoms with Crippen molar-refractivity contribution in [1.82, 2.24) is 15.0 Å². The number of benzene rings is 1. The molecule has 9 heteroatoms. The first-order valence-corrected chi connectivity index (χ1v) is 11.1. The van der Waals surface area contributed by atoms with Gasteiger partial charge >= 0.3 is 0 Å². The molecule has 0 spiro atoms. The molecule has 0 radical (unpaired) electrons. The largest absolute Gasteiger partial charge is 0.387 e. The molecule has 28 heavy (non-hydrogen) atoms. The number of sulfonamides is 1. The van der Waals surface area contributed by atoms with E-state index >= 15 is 0 Å². The van der Waals surface area contributed by atoms with E-state index in [0.717, 1.165) is 21.9 Å². The van der Waals surface area contributed by atoms with Gasteiger partial charge in [0.05, 0.1) is 11.0 Å². The summed E-state index contributed by atoms with van der Waals surface area (Å²) in [6.07, 6.45) is 2.84. The van der Waals surface area contributed by atoms with E-state index < -0.39 is 16.1 Å². The molecule has 0 aliphatic carbocycles. The SMILES string of the molecule is Cc1cncc2ccc(S(=O)(=O)N[C@H](C)CNCC(O)c3ccsc3)cc12.Cl. The molecule has 1 aromatic carbocycles. The molecule has 3 rings (SSSR count). The summed E-state index contributed by atoms with van der Waals surface area (Å²) >= 11 is 1.53. The van der Waals surface area contributed by atoms with Crippen molar-refractivity contribution in [3.63, 3.8) is 0 Å². The third-order valence-electron chi connectivity index (χ3n) is 4.31. The van der Waals surface area contributed by atoms with Gasteiger partial charge in [0.25, 0.3) is 0 Å². The van der Waals surface area contributed by atoms with Gasteiger partial charge in [-0.3, -0.25) is 4.98 Å². The number of thiophene rings is 1. The minimum Gasteiger partial charge on any atom is -0.387 e. The molecule has 0 aliphatic rings. The van der Waals surface area contributed by atoms with Crippen molar-refractivity contribution in [2.24, 2.45) is 0 Å². The molecule has 0 bridgehead atoms. The monoisotopic (exact) mass is 441 g/mol. The first-order valence-electron chi connectivity index (χ1n) is 8.64. The number of hydrogen-bond donors (Lipinski definition) is 3. The zero-order valence-electron chi connectivity index (χ0n) is 15.6. The predicted octanol–water partition coefficient (Wildman–Crippen LogP) is 3.02. The van der Waals surface area contributed by atoms with Crippen molar-refractivity contribution in [2.75, 3.05) is 13.1 Å². The fraction of sp³-hybridized carbons (Fsp3) is 0.316. The van der Waals surface area contributed by atoms with E-state index in [1.807, 2.05) is 23.8 Å². The average molecular weight is 442 g/mol. The van der Waals surface area contributed by atoms with Crippen LogP contribution in [0.2, 0.25) is 0 Å². The van der Waals surface area contributed by atoms with Crippen LogP contribution >= 0.6 is 23.7 Å². The van der Waals surface area contributed by atoms with Crippen LogP contribution in [0.5, 0.6) is 0 Å².